The van der Waals surface area contributed by atoms with Crippen LogP contribution in [0.1, 0.15) is 25.5 Å². The maximum absolute atomic E-state index is 5.65. The largest absolute Gasteiger partial charge is 0.469 e. The van der Waals surface area contributed by atoms with E-state index in [1.54, 1.807) is 6.26 Å². The average Bonchev–Trinajstić information content (AvgIpc) is 2.85. The molecule has 0 spiro atoms. The topological polar surface area (TPSA) is 78.1 Å². The van der Waals surface area contributed by atoms with Crippen LogP contribution in [-0.4, -0.2) is 16.7 Å². The number of hydrogen-bond donors (Lipinski definition) is 1. The third-order valence-corrected chi connectivity index (χ3v) is 2.62. The number of aryl methyl sites for hydroxylation is 1. The number of nitrogens with zero attached hydrogens (tertiary/aromatic N) is 2. The Balaban J connectivity index is 2.37. The van der Waals surface area contributed by atoms with Crippen LogP contribution in [0.3, 0.4) is 0 Å². The van der Waals surface area contributed by atoms with Crippen molar-refractivity contribution < 1.29 is 8.94 Å². The highest BCUT2D eigenvalue weighted by Gasteiger charge is 2.26. The Morgan fingerprint density at radius 1 is 1.44 bits per heavy atom. The summed E-state index contributed by atoms with van der Waals surface area (Å²) < 4.78 is 10.4. The third kappa shape index (κ3) is 1.74. The first kappa shape index (κ1) is 10.9. The van der Waals surface area contributed by atoms with Crippen molar-refractivity contribution >= 4 is 0 Å². The minimum absolute atomic E-state index is 0.303. The quantitative estimate of drug-likeness (QED) is 0.856. The summed E-state index contributed by atoms with van der Waals surface area (Å²) in [6.07, 6.45) is 1.61. The van der Waals surface area contributed by atoms with E-state index in [0.717, 1.165) is 11.3 Å². The van der Waals surface area contributed by atoms with Gasteiger partial charge in [0.25, 0.3) is 0 Å². The summed E-state index contributed by atoms with van der Waals surface area (Å²) in [5, 5.41) is 3.93. The van der Waals surface area contributed by atoms with Gasteiger partial charge in [-0.2, -0.15) is 4.98 Å². The van der Waals surface area contributed by atoms with Crippen LogP contribution in [0.4, 0.5) is 0 Å². The zero-order valence-corrected chi connectivity index (χ0v) is 9.65. The molecule has 5 heteroatoms. The fraction of sp³-hybridized carbons (Fsp3) is 0.455. The summed E-state index contributed by atoms with van der Waals surface area (Å²) in [6, 6.07) is 1.82. The monoisotopic (exact) mass is 221 g/mol. The minimum atomic E-state index is -0.303. The lowest BCUT2D eigenvalue weighted by atomic mass is 9.94. The Hall–Kier alpha value is -1.62. The molecule has 86 valence electrons. The maximum atomic E-state index is 5.65. The summed E-state index contributed by atoms with van der Waals surface area (Å²) in [6.45, 7) is 6.25. The lowest BCUT2D eigenvalue weighted by Gasteiger charge is -2.15. The number of aromatic nitrogens is 2. The molecule has 2 N–H and O–H groups in total. The maximum Gasteiger partial charge on any atom is 0.233 e. The smallest absolute Gasteiger partial charge is 0.233 e. The second-order valence-electron chi connectivity index (χ2n) is 4.40. The van der Waals surface area contributed by atoms with E-state index < -0.39 is 0 Å². The van der Waals surface area contributed by atoms with Crippen molar-refractivity contribution in [1.82, 2.24) is 10.1 Å². The van der Waals surface area contributed by atoms with Gasteiger partial charge in [-0.3, -0.25) is 0 Å². The van der Waals surface area contributed by atoms with Crippen molar-refractivity contribution in [3.05, 3.63) is 24.0 Å². The summed E-state index contributed by atoms with van der Waals surface area (Å²) in [4.78, 5) is 4.34. The van der Waals surface area contributed by atoms with Crippen molar-refractivity contribution in [2.45, 2.75) is 26.2 Å². The molecule has 0 aliphatic heterocycles. The second kappa shape index (κ2) is 3.75. The van der Waals surface area contributed by atoms with Crippen molar-refractivity contribution in [2.75, 3.05) is 6.54 Å². The van der Waals surface area contributed by atoms with Crippen molar-refractivity contribution in [3.63, 3.8) is 0 Å². The van der Waals surface area contributed by atoms with Crippen LogP contribution in [0, 0.1) is 6.92 Å². The molecule has 5 nitrogen and oxygen atoms in total. The number of furan rings is 1. The highest BCUT2D eigenvalue weighted by Crippen LogP contribution is 2.25. The molecule has 0 saturated heterocycles. The van der Waals surface area contributed by atoms with Gasteiger partial charge < -0.3 is 14.7 Å². The second-order valence-corrected chi connectivity index (χ2v) is 4.40. The number of nitrogens with two attached hydrogens (primary N) is 1. The first-order chi connectivity index (χ1) is 7.54. The standard InChI is InChI=1S/C11H15N3O2/c1-7-8(4-5-15-7)9-13-10(16-14-9)11(2,3)6-12/h4-5H,6,12H2,1-3H3. The number of rotatable bonds is 3. The van der Waals surface area contributed by atoms with E-state index in [1.165, 1.54) is 0 Å². The molecule has 2 aromatic rings. The van der Waals surface area contributed by atoms with Crippen LogP contribution in [0.15, 0.2) is 21.3 Å². The van der Waals surface area contributed by atoms with Crippen LogP contribution in [-0.2, 0) is 5.41 Å². The van der Waals surface area contributed by atoms with Gasteiger partial charge >= 0.3 is 0 Å². The summed E-state index contributed by atoms with van der Waals surface area (Å²) in [5.74, 6) is 1.87. The molecule has 0 radical (unpaired) electrons. The van der Waals surface area contributed by atoms with Gasteiger partial charge in [-0.1, -0.05) is 5.16 Å². The fourth-order valence-corrected chi connectivity index (χ4v) is 1.31. The van der Waals surface area contributed by atoms with Crippen LogP contribution < -0.4 is 5.73 Å². The lowest BCUT2D eigenvalue weighted by Crippen LogP contribution is -2.28. The molecular formula is C11H15N3O2. The summed E-state index contributed by atoms with van der Waals surface area (Å²) >= 11 is 0. The van der Waals surface area contributed by atoms with Gasteiger partial charge in [0.2, 0.25) is 11.7 Å². The summed E-state index contributed by atoms with van der Waals surface area (Å²) in [7, 11) is 0. The Kier molecular flexibility index (Phi) is 2.55. The lowest BCUT2D eigenvalue weighted by molar-refractivity contribution is 0.311. The first-order valence-corrected chi connectivity index (χ1v) is 5.13. The van der Waals surface area contributed by atoms with E-state index >= 15 is 0 Å². The van der Waals surface area contributed by atoms with Crippen LogP contribution in [0.2, 0.25) is 0 Å². The SMILES string of the molecule is Cc1occc1-c1noc(C(C)(C)CN)n1. The highest BCUT2D eigenvalue weighted by molar-refractivity contribution is 5.56. The molecule has 0 amide bonds. The number of hydrogen-bond acceptors (Lipinski definition) is 5. The molecular weight excluding hydrogens is 206 g/mol. The highest BCUT2D eigenvalue weighted by atomic mass is 16.5. The molecule has 0 saturated carbocycles. The molecule has 0 bridgehead atoms. The zero-order valence-electron chi connectivity index (χ0n) is 9.65. The van der Waals surface area contributed by atoms with E-state index in [0.29, 0.717) is 18.3 Å². The predicted molar refractivity (Wildman–Crippen MR) is 58.8 cm³/mol. The van der Waals surface area contributed by atoms with E-state index in [4.69, 9.17) is 14.7 Å². The molecule has 2 aromatic heterocycles. The predicted octanol–water partition coefficient (Wildman–Crippen LogP) is 1.87. The average molecular weight is 221 g/mol. The van der Waals surface area contributed by atoms with Gasteiger partial charge in [-0.25, -0.2) is 0 Å². The van der Waals surface area contributed by atoms with Crippen LogP contribution in [0.25, 0.3) is 11.4 Å². The molecule has 0 unspecified atom stereocenters. The Bertz CT molecular complexity index is 485. The first-order valence-electron chi connectivity index (χ1n) is 5.13. The molecule has 16 heavy (non-hydrogen) atoms. The zero-order chi connectivity index (χ0) is 11.8. The van der Waals surface area contributed by atoms with E-state index in [2.05, 4.69) is 10.1 Å². The Labute approximate surface area is 93.6 Å². The van der Waals surface area contributed by atoms with Gasteiger partial charge in [0.1, 0.15) is 5.76 Å². The molecule has 0 aromatic carbocycles. The molecule has 0 fully saturated rings. The minimum Gasteiger partial charge on any atom is -0.469 e. The third-order valence-electron chi connectivity index (χ3n) is 2.62. The van der Waals surface area contributed by atoms with Gasteiger partial charge in [0, 0.05) is 6.54 Å². The van der Waals surface area contributed by atoms with Crippen LogP contribution in [0.5, 0.6) is 0 Å². The molecule has 0 atom stereocenters. The van der Waals surface area contributed by atoms with Gasteiger partial charge in [0.05, 0.1) is 17.2 Å². The normalized spacial score (nSPS) is 12.0. The van der Waals surface area contributed by atoms with Gasteiger partial charge in [0.15, 0.2) is 0 Å². The Morgan fingerprint density at radius 2 is 2.19 bits per heavy atom. The van der Waals surface area contributed by atoms with E-state index in [-0.39, 0.29) is 5.41 Å². The van der Waals surface area contributed by atoms with E-state index in [1.807, 2.05) is 26.8 Å². The molecule has 0 aliphatic rings. The molecule has 2 heterocycles. The van der Waals surface area contributed by atoms with Crippen LogP contribution >= 0.6 is 0 Å². The Morgan fingerprint density at radius 3 is 2.75 bits per heavy atom. The summed E-state index contributed by atoms with van der Waals surface area (Å²) in [5.41, 5.74) is 6.20. The van der Waals surface area contributed by atoms with E-state index in [9.17, 15) is 0 Å². The molecule has 2 rings (SSSR count). The van der Waals surface area contributed by atoms with Crippen molar-refractivity contribution in [3.8, 4) is 11.4 Å². The fourth-order valence-electron chi connectivity index (χ4n) is 1.31. The van der Waals surface area contributed by atoms with Gasteiger partial charge in [-0.15, -0.1) is 0 Å². The van der Waals surface area contributed by atoms with Gasteiger partial charge in [-0.05, 0) is 26.8 Å². The molecule has 0 aliphatic carbocycles. The van der Waals surface area contributed by atoms with Crippen molar-refractivity contribution in [1.29, 1.82) is 0 Å². The van der Waals surface area contributed by atoms with Crippen molar-refractivity contribution in [2.24, 2.45) is 5.73 Å².